The van der Waals surface area contributed by atoms with Gasteiger partial charge in [-0.1, -0.05) is 20.8 Å². The molecule has 0 N–H and O–H groups in total. The summed E-state index contributed by atoms with van der Waals surface area (Å²) in [5.41, 5.74) is 0.0115. The van der Waals surface area contributed by atoms with E-state index < -0.39 is 0 Å². The highest BCUT2D eigenvalue weighted by molar-refractivity contribution is 6.08. The van der Waals surface area contributed by atoms with Crippen molar-refractivity contribution in [1.29, 1.82) is 0 Å². The zero-order valence-corrected chi connectivity index (χ0v) is 15.3. The van der Waals surface area contributed by atoms with Crippen LogP contribution in [0.2, 0.25) is 0 Å². The highest BCUT2D eigenvalue weighted by atomic mass is 16.6. The molecule has 2 heterocycles. The first kappa shape index (κ1) is 16.5. The minimum absolute atomic E-state index is 0.0246. The first-order valence-corrected chi connectivity index (χ1v) is 9.26. The Morgan fingerprint density at radius 1 is 0.958 bits per heavy atom. The zero-order chi connectivity index (χ0) is 17.5. The summed E-state index contributed by atoms with van der Waals surface area (Å²) in [6.07, 6.45) is 5.10. The van der Waals surface area contributed by atoms with Gasteiger partial charge in [0.1, 0.15) is 11.7 Å². The number of Topliss-reactive ketones (excluding diaryl/α,β-unsaturated/α-hetero) is 1. The number of carbonyl (C=O) groups is 2. The Hall–Kier alpha value is -1.00. The maximum absolute atomic E-state index is 13.0. The Bertz CT molecular complexity index is 652. The van der Waals surface area contributed by atoms with Gasteiger partial charge in [-0.25, -0.2) is 0 Å². The van der Waals surface area contributed by atoms with Crippen LogP contribution < -0.4 is 0 Å². The SMILES string of the molecule is CC1C(=O)C=C2C(=O)[C@H]3O[C@]3(C)CC[C@@H]3O[C@@]3(C)CC[C@]1(C)[C@H]2C. The number of ketones is 2. The monoisotopic (exact) mass is 332 g/mol. The van der Waals surface area contributed by atoms with Gasteiger partial charge in [-0.05, 0) is 56.9 Å². The summed E-state index contributed by atoms with van der Waals surface area (Å²) in [4.78, 5) is 25.6. The summed E-state index contributed by atoms with van der Waals surface area (Å²) in [5.74, 6) is 0.0963. The van der Waals surface area contributed by atoms with Gasteiger partial charge in [-0.3, -0.25) is 9.59 Å². The largest absolute Gasteiger partial charge is 0.366 e. The summed E-state index contributed by atoms with van der Waals surface area (Å²) in [6.45, 7) is 10.5. The molecule has 4 nitrogen and oxygen atoms in total. The lowest BCUT2D eigenvalue weighted by Gasteiger charge is -2.44. The van der Waals surface area contributed by atoms with Gasteiger partial charge in [0, 0.05) is 11.5 Å². The van der Waals surface area contributed by atoms with Crippen LogP contribution >= 0.6 is 0 Å². The van der Waals surface area contributed by atoms with Gasteiger partial charge < -0.3 is 9.47 Å². The number of hydrogen-bond donors (Lipinski definition) is 0. The number of ether oxygens (including phenoxy) is 2. The Balaban J connectivity index is 1.73. The van der Waals surface area contributed by atoms with Gasteiger partial charge in [-0.2, -0.15) is 0 Å². The molecular formula is C20H28O4. The fourth-order valence-electron chi connectivity index (χ4n) is 4.89. The number of carbonyl (C=O) groups excluding carboxylic acids is 2. The molecule has 24 heavy (non-hydrogen) atoms. The molecule has 7 atom stereocenters. The molecule has 1 unspecified atom stereocenters. The first-order valence-electron chi connectivity index (χ1n) is 9.26. The number of epoxide rings is 2. The van der Waals surface area contributed by atoms with Gasteiger partial charge in [0.15, 0.2) is 11.6 Å². The molecule has 0 aromatic rings. The Morgan fingerprint density at radius 2 is 1.67 bits per heavy atom. The van der Waals surface area contributed by atoms with E-state index in [2.05, 4.69) is 20.8 Å². The van der Waals surface area contributed by atoms with E-state index in [1.807, 2.05) is 13.8 Å². The van der Waals surface area contributed by atoms with Gasteiger partial charge in [0.05, 0.1) is 11.7 Å². The molecule has 0 radical (unpaired) electrons. The van der Waals surface area contributed by atoms with Crippen LogP contribution in [0.15, 0.2) is 11.6 Å². The predicted octanol–water partition coefficient (Wildman–Crippen LogP) is 3.23. The molecule has 4 aliphatic rings. The third kappa shape index (κ3) is 2.19. The van der Waals surface area contributed by atoms with E-state index in [4.69, 9.17) is 9.47 Å². The molecule has 2 saturated heterocycles. The van der Waals surface area contributed by atoms with E-state index in [0.29, 0.717) is 5.57 Å². The smallest absolute Gasteiger partial charge is 0.190 e. The van der Waals surface area contributed by atoms with Crippen LogP contribution in [0.3, 0.4) is 0 Å². The lowest BCUT2D eigenvalue weighted by molar-refractivity contribution is -0.126. The van der Waals surface area contributed by atoms with Crippen molar-refractivity contribution in [1.82, 2.24) is 0 Å². The van der Waals surface area contributed by atoms with Crippen LogP contribution in [0.25, 0.3) is 0 Å². The van der Waals surface area contributed by atoms with Crippen molar-refractivity contribution in [2.24, 2.45) is 17.3 Å². The van der Waals surface area contributed by atoms with Gasteiger partial charge in [0.25, 0.3) is 0 Å². The van der Waals surface area contributed by atoms with Crippen LogP contribution in [0, 0.1) is 17.3 Å². The molecule has 2 aliphatic heterocycles. The first-order chi connectivity index (χ1) is 11.1. The van der Waals surface area contributed by atoms with Crippen LogP contribution in [0.4, 0.5) is 0 Å². The van der Waals surface area contributed by atoms with Crippen LogP contribution in [0.1, 0.15) is 60.3 Å². The second-order valence-electron chi connectivity index (χ2n) is 9.08. The summed E-state index contributed by atoms with van der Waals surface area (Å²) < 4.78 is 11.8. The molecule has 0 spiro atoms. The predicted molar refractivity (Wildman–Crippen MR) is 89.6 cm³/mol. The highest BCUT2D eigenvalue weighted by Crippen LogP contribution is 2.55. The molecule has 3 fully saturated rings. The van der Waals surface area contributed by atoms with Crippen LogP contribution in [-0.2, 0) is 19.1 Å². The molecule has 4 heteroatoms. The quantitative estimate of drug-likeness (QED) is 0.639. The lowest BCUT2D eigenvalue weighted by Crippen LogP contribution is -2.44. The molecule has 2 bridgehead atoms. The normalized spacial score (nSPS) is 54.0. The lowest BCUT2D eigenvalue weighted by atomic mass is 9.58. The van der Waals surface area contributed by atoms with E-state index in [9.17, 15) is 9.59 Å². The Kier molecular flexibility index (Phi) is 3.29. The molecule has 0 amide bonds. The average Bonchev–Trinajstić information content (AvgIpc) is 3.40. The maximum atomic E-state index is 13.0. The summed E-state index contributed by atoms with van der Waals surface area (Å²) >= 11 is 0. The van der Waals surface area contributed by atoms with E-state index in [0.717, 1.165) is 25.7 Å². The molecule has 4 rings (SSSR count). The van der Waals surface area contributed by atoms with E-state index >= 15 is 0 Å². The van der Waals surface area contributed by atoms with Crippen LogP contribution in [-0.4, -0.2) is 35.0 Å². The third-order valence-corrected chi connectivity index (χ3v) is 7.67. The zero-order valence-electron chi connectivity index (χ0n) is 15.3. The number of allylic oxidation sites excluding steroid dienone is 1. The molecule has 0 aromatic heterocycles. The summed E-state index contributed by atoms with van der Waals surface area (Å²) in [7, 11) is 0. The summed E-state index contributed by atoms with van der Waals surface area (Å²) in [5, 5.41) is 0. The number of rotatable bonds is 0. The minimum atomic E-state index is -0.388. The number of fused-ring (bicyclic) bond motifs is 4. The van der Waals surface area contributed by atoms with Crippen LogP contribution in [0.5, 0.6) is 0 Å². The number of hydrogen-bond acceptors (Lipinski definition) is 4. The fraction of sp³-hybridized carbons (Fsp3) is 0.800. The van der Waals surface area contributed by atoms with Gasteiger partial charge in [-0.15, -0.1) is 0 Å². The molecule has 2 aliphatic carbocycles. The van der Waals surface area contributed by atoms with Crippen molar-refractivity contribution < 1.29 is 19.1 Å². The Labute approximate surface area is 144 Å². The van der Waals surface area contributed by atoms with Gasteiger partial charge >= 0.3 is 0 Å². The second kappa shape index (κ2) is 4.79. The molecule has 0 aromatic carbocycles. The van der Waals surface area contributed by atoms with E-state index in [1.54, 1.807) is 6.08 Å². The van der Waals surface area contributed by atoms with Crippen molar-refractivity contribution in [2.45, 2.75) is 83.7 Å². The second-order valence-corrected chi connectivity index (χ2v) is 9.08. The maximum Gasteiger partial charge on any atom is 0.190 e. The summed E-state index contributed by atoms with van der Waals surface area (Å²) in [6, 6.07) is 0. The topological polar surface area (TPSA) is 59.2 Å². The van der Waals surface area contributed by atoms with Gasteiger partial charge in [0.2, 0.25) is 0 Å². The van der Waals surface area contributed by atoms with E-state index in [-0.39, 0.29) is 52.2 Å². The van der Waals surface area contributed by atoms with Crippen molar-refractivity contribution in [3.63, 3.8) is 0 Å². The minimum Gasteiger partial charge on any atom is -0.366 e. The third-order valence-electron chi connectivity index (χ3n) is 7.67. The molecule has 1 saturated carbocycles. The highest BCUT2D eigenvalue weighted by Gasteiger charge is 2.62. The standard InChI is InChI=1S/C20H28O4/c1-11-13-10-14(21)12(2)18(11,3)8-9-19(4)15(23-19)6-7-20(5)17(24-20)16(13)22/h10-12,15,17H,6-9H2,1-5H3/t11-,12?,15-,17+,18+,19-,20+/m0/s1. The fourth-order valence-corrected chi connectivity index (χ4v) is 4.89. The Morgan fingerprint density at radius 3 is 2.38 bits per heavy atom. The average molecular weight is 332 g/mol. The van der Waals surface area contributed by atoms with E-state index in [1.165, 1.54) is 0 Å². The van der Waals surface area contributed by atoms with Crippen molar-refractivity contribution in [2.75, 3.05) is 0 Å². The van der Waals surface area contributed by atoms with Crippen molar-refractivity contribution in [3.8, 4) is 0 Å². The van der Waals surface area contributed by atoms with Crippen molar-refractivity contribution in [3.05, 3.63) is 11.6 Å². The van der Waals surface area contributed by atoms with Crippen molar-refractivity contribution >= 4 is 11.6 Å². The molecule has 132 valence electrons. The molecular weight excluding hydrogens is 304 g/mol.